The molecule has 0 aromatic heterocycles. The molecule has 3 saturated carbocycles. The largest absolute Gasteiger partial charge is 0.469 e. The molecule has 0 bridgehead atoms. The van der Waals surface area contributed by atoms with Gasteiger partial charge in [-0.3, -0.25) is 19.2 Å². The van der Waals surface area contributed by atoms with Gasteiger partial charge in [0.15, 0.2) is 0 Å². The maximum atomic E-state index is 12.8. The summed E-state index contributed by atoms with van der Waals surface area (Å²) in [6, 6.07) is 0. The summed E-state index contributed by atoms with van der Waals surface area (Å²) < 4.78 is 21.1. The highest BCUT2D eigenvalue weighted by atomic mass is 16.6. The van der Waals surface area contributed by atoms with Crippen LogP contribution in [-0.2, 0) is 38.1 Å². The third-order valence-electron chi connectivity index (χ3n) is 12.1. The normalized spacial score (nSPS) is 34.3. The number of ether oxygens (including phenoxy) is 4. The minimum atomic E-state index is -0.565. The second-order valence-electron chi connectivity index (χ2n) is 15.8. The lowest BCUT2D eigenvalue weighted by Crippen LogP contribution is -2.51. The van der Waals surface area contributed by atoms with Gasteiger partial charge < -0.3 is 18.9 Å². The van der Waals surface area contributed by atoms with Crippen LogP contribution >= 0.6 is 0 Å². The zero-order valence-electron chi connectivity index (χ0n) is 28.4. The quantitative estimate of drug-likeness (QED) is 0.112. The van der Waals surface area contributed by atoms with Crippen molar-refractivity contribution >= 4 is 23.9 Å². The van der Waals surface area contributed by atoms with Gasteiger partial charge in [-0.05, 0) is 104 Å². The SMILES string of the molecule is COC(=O)CC(=O)OC(CCC(C)(C)C)[C@@H](C)[C@H]1CC[C@H]2[C@@H]3CC=C4C[C@@H](OC(=O)CC(=O)OC)CC[C@]4(C)[C@H]3CC[C@]12C. The van der Waals surface area contributed by atoms with Gasteiger partial charge in [-0.15, -0.1) is 0 Å². The van der Waals surface area contributed by atoms with Crippen molar-refractivity contribution in [2.75, 3.05) is 14.2 Å². The number of carbonyl (C=O) groups is 4. The fourth-order valence-corrected chi connectivity index (χ4v) is 9.71. The second-order valence-corrected chi connectivity index (χ2v) is 15.8. The zero-order chi connectivity index (χ0) is 32.4. The maximum absolute atomic E-state index is 12.8. The molecule has 0 N–H and O–H groups in total. The summed E-state index contributed by atoms with van der Waals surface area (Å²) in [5.74, 6) is 0.376. The Morgan fingerprint density at radius 3 is 2.18 bits per heavy atom. The third kappa shape index (κ3) is 7.36. The number of hydrogen-bond donors (Lipinski definition) is 0. The summed E-state index contributed by atoms with van der Waals surface area (Å²) >= 11 is 0. The van der Waals surface area contributed by atoms with Crippen molar-refractivity contribution < 1.29 is 38.1 Å². The summed E-state index contributed by atoms with van der Waals surface area (Å²) in [6.45, 7) is 13.8. The third-order valence-corrected chi connectivity index (χ3v) is 12.1. The van der Waals surface area contributed by atoms with E-state index in [1.165, 1.54) is 32.6 Å². The smallest absolute Gasteiger partial charge is 0.317 e. The van der Waals surface area contributed by atoms with E-state index in [-0.39, 0.29) is 47.2 Å². The van der Waals surface area contributed by atoms with Crippen molar-refractivity contribution in [1.29, 1.82) is 0 Å². The Balaban J connectivity index is 1.47. The molecule has 8 nitrogen and oxygen atoms in total. The van der Waals surface area contributed by atoms with Crippen LogP contribution in [0.2, 0.25) is 0 Å². The van der Waals surface area contributed by atoms with E-state index < -0.39 is 23.9 Å². The molecule has 4 aliphatic rings. The van der Waals surface area contributed by atoms with Crippen LogP contribution in [0.3, 0.4) is 0 Å². The molecule has 0 amide bonds. The first-order valence-corrected chi connectivity index (χ1v) is 16.8. The highest BCUT2D eigenvalue weighted by Crippen LogP contribution is 2.67. The van der Waals surface area contributed by atoms with Crippen LogP contribution in [0.1, 0.15) is 119 Å². The summed E-state index contributed by atoms with van der Waals surface area (Å²) in [5, 5.41) is 0. The number of rotatable bonds is 10. The van der Waals surface area contributed by atoms with Crippen molar-refractivity contribution in [2.24, 2.45) is 45.8 Å². The minimum absolute atomic E-state index is 0.109. The molecule has 0 saturated heterocycles. The van der Waals surface area contributed by atoms with Crippen LogP contribution in [0, 0.1) is 45.8 Å². The molecule has 0 aromatic carbocycles. The van der Waals surface area contributed by atoms with E-state index in [0.717, 1.165) is 51.4 Å². The number of hydrogen-bond acceptors (Lipinski definition) is 8. The first-order chi connectivity index (χ1) is 20.6. The number of allylic oxidation sites excluding steroid dienone is 1. The summed E-state index contributed by atoms with van der Waals surface area (Å²) in [4.78, 5) is 48.3. The summed E-state index contributed by atoms with van der Waals surface area (Å²) in [7, 11) is 2.57. The lowest BCUT2D eigenvalue weighted by molar-refractivity contribution is -0.161. The molecular formula is C36H56O8. The number of carbonyl (C=O) groups excluding carboxylic acids is 4. The Bertz CT molecular complexity index is 1120. The molecular weight excluding hydrogens is 560 g/mol. The lowest BCUT2D eigenvalue weighted by Gasteiger charge is -2.58. The van der Waals surface area contributed by atoms with E-state index in [1.54, 1.807) is 0 Å². The molecule has 8 heteroatoms. The van der Waals surface area contributed by atoms with Gasteiger partial charge in [-0.2, -0.15) is 0 Å². The van der Waals surface area contributed by atoms with Gasteiger partial charge in [-0.1, -0.05) is 53.2 Å². The van der Waals surface area contributed by atoms with Crippen molar-refractivity contribution in [2.45, 2.75) is 131 Å². The number of esters is 4. The second kappa shape index (κ2) is 13.5. The topological polar surface area (TPSA) is 105 Å². The zero-order valence-corrected chi connectivity index (χ0v) is 28.4. The van der Waals surface area contributed by atoms with Crippen LogP contribution in [0.25, 0.3) is 0 Å². The van der Waals surface area contributed by atoms with Crippen LogP contribution in [-0.4, -0.2) is 50.3 Å². The average Bonchev–Trinajstić information content (AvgIpc) is 3.31. The van der Waals surface area contributed by atoms with Crippen LogP contribution in [0.5, 0.6) is 0 Å². The highest BCUT2D eigenvalue weighted by molar-refractivity contribution is 5.91. The molecule has 0 radical (unpaired) electrons. The first kappa shape index (κ1) is 34.5. The van der Waals surface area contributed by atoms with E-state index >= 15 is 0 Å². The Labute approximate surface area is 264 Å². The molecule has 1 unspecified atom stereocenters. The van der Waals surface area contributed by atoms with Crippen LogP contribution in [0.15, 0.2) is 11.6 Å². The Kier molecular flexibility index (Phi) is 10.6. The molecule has 3 fully saturated rings. The highest BCUT2D eigenvalue weighted by Gasteiger charge is 2.60. The monoisotopic (exact) mass is 616 g/mol. The van der Waals surface area contributed by atoms with E-state index in [4.69, 9.17) is 14.2 Å². The summed E-state index contributed by atoms with van der Waals surface area (Å²) in [5.41, 5.74) is 1.83. The van der Waals surface area contributed by atoms with Gasteiger partial charge in [0, 0.05) is 6.42 Å². The van der Waals surface area contributed by atoms with E-state index in [2.05, 4.69) is 52.4 Å². The molecule has 44 heavy (non-hydrogen) atoms. The molecule has 0 spiro atoms. The van der Waals surface area contributed by atoms with E-state index in [0.29, 0.717) is 23.7 Å². The fourth-order valence-electron chi connectivity index (χ4n) is 9.71. The standard InChI is InChI=1S/C36H56O8/c1-22(29(15-16-34(2,3)4)44-33(40)21-31(38)42-8)26-11-12-27-25-10-9-23-19-24(43-32(39)20-30(37)41-7)13-17-35(23,5)28(25)14-18-36(26,27)6/h9,22,24-29H,10-21H2,1-8H3/t22-,24-,25-,26+,27-,28-,29?,35-,36+/m0/s1. The molecule has 4 aliphatic carbocycles. The summed E-state index contributed by atoms with van der Waals surface area (Å²) in [6.07, 6.45) is 11.4. The molecule has 248 valence electrons. The Morgan fingerprint density at radius 2 is 1.55 bits per heavy atom. The van der Waals surface area contributed by atoms with Gasteiger partial charge in [0.1, 0.15) is 25.0 Å². The minimum Gasteiger partial charge on any atom is -0.469 e. The van der Waals surface area contributed by atoms with E-state index in [1.807, 2.05) is 0 Å². The average molecular weight is 617 g/mol. The van der Waals surface area contributed by atoms with E-state index in [9.17, 15) is 19.2 Å². The first-order valence-electron chi connectivity index (χ1n) is 16.8. The Hall–Kier alpha value is -2.38. The predicted molar refractivity (Wildman–Crippen MR) is 166 cm³/mol. The van der Waals surface area contributed by atoms with Gasteiger partial charge in [0.2, 0.25) is 0 Å². The van der Waals surface area contributed by atoms with Crippen molar-refractivity contribution in [3.8, 4) is 0 Å². The van der Waals surface area contributed by atoms with Crippen LogP contribution < -0.4 is 0 Å². The van der Waals surface area contributed by atoms with Gasteiger partial charge in [0.25, 0.3) is 0 Å². The molecule has 0 aromatic rings. The van der Waals surface area contributed by atoms with Crippen molar-refractivity contribution in [3.05, 3.63) is 11.6 Å². The van der Waals surface area contributed by atoms with Crippen molar-refractivity contribution in [3.63, 3.8) is 0 Å². The molecule has 9 atom stereocenters. The number of fused-ring (bicyclic) bond motifs is 5. The fraction of sp³-hybridized carbons (Fsp3) is 0.833. The Morgan fingerprint density at radius 1 is 0.886 bits per heavy atom. The number of methoxy groups -OCH3 is 2. The van der Waals surface area contributed by atoms with Crippen LogP contribution in [0.4, 0.5) is 0 Å². The van der Waals surface area contributed by atoms with Gasteiger partial charge >= 0.3 is 23.9 Å². The molecule has 0 aliphatic heterocycles. The van der Waals surface area contributed by atoms with Gasteiger partial charge in [-0.25, -0.2) is 0 Å². The maximum Gasteiger partial charge on any atom is 0.317 e. The molecule has 0 heterocycles. The van der Waals surface area contributed by atoms with Crippen molar-refractivity contribution in [1.82, 2.24) is 0 Å². The predicted octanol–water partition coefficient (Wildman–Crippen LogP) is 6.98. The molecule has 4 rings (SSSR count). The lowest BCUT2D eigenvalue weighted by atomic mass is 9.47. The van der Waals surface area contributed by atoms with Gasteiger partial charge in [0.05, 0.1) is 14.2 Å².